The molecule has 11 heteroatoms. The van der Waals surface area contributed by atoms with Gasteiger partial charge in [0, 0.05) is 29.4 Å². The number of benzene rings is 3. The van der Waals surface area contributed by atoms with Gasteiger partial charge in [0.2, 0.25) is 10.8 Å². The Bertz CT molecular complexity index is 1400. The second-order valence-electron chi connectivity index (χ2n) is 7.79. The van der Waals surface area contributed by atoms with E-state index in [-0.39, 0.29) is 17.9 Å². The van der Waals surface area contributed by atoms with E-state index in [1.54, 1.807) is 24.3 Å². The van der Waals surface area contributed by atoms with Gasteiger partial charge in [-0.3, -0.25) is 28.8 Å². The minimum atomic E-state index is -2.03. The van der Waals surface area contributed by atoms with E-state index >= 15 is 0 Å². The SMILES string of the molecule is O=C1CS(=O)C2(C(=O)N(Cc3ccc([N+](=O)[O-])cc3)c3ccccc32)N1c1ccc(F)c(F)c1. The number of nitro benzene ring substituents is 1. The van der Waals surface area contributed by atoms with Gasteiger partial charge in [0.05, 0.1) is 28.0 Å². The second-order valence-corrected chi connectivity index (χ2v) is 9.36. The van der Waals surface area contributed by atoms with Crippen molar-refractivity contribution in [1.82, 2.24) is 0 Å². The molecule has 3 aromatic rings. The van der Waals surface area contributed by atoms with Crippen molar-refractivity contribution in [3.63, 3.8) is 0 Å². The standard InChI is InChI=1S/C23H15F2N3O5S/c24-18-10-9-16(11-19(18)25)27-21(29)13-34(33)23(27)17-3-1-2-4-20(17)26(22(23)30)12-14-5-7-15(8-6-14)28(31)32/h1-11H,12-13H2. The Morgan fingerprint density at radius 3 is 2.38 bits per heavy atom. The molecular formula is C23H15F2N3O5S. The Balaban J connectivity index is 1.64. The molecule has 2 heterocycles. The predicted molar refractivity (Wildman–Crippen MR) is 119 cm³/mol. The number of fused-ring (bicyclic) bond motifs is 2. The van der Waals surface area contributed by atoms with E-state index in [4.69, 9.17) is 0 Å². The number of para-hydroxylation sites is 1. The van der Waals surface area contributed by atoms with E-state index in [2.05, 4.69) is 0 Å². The Labute approximate surface area is 194 Å². The van der Waals surface area contributed by atoms with Gasteiger partial charge in [-0.05, 0) is 23.8 Å². The van der Waals surface area contributed by atoms with Crippen molar-refractivity contribution in [2.24, 2.45) is 0 Å². The molecule has 1 saturated heterocycles. The molecule has 8 nitrogen and oxygen atoms in total. The van der Waals surface area contributed by atoms with Gasteiger partial charge < -0.3 is 4.90 Å². The number of nitrogens with zero attached hydrogens (tertiary/aromatic N) is 3. The first kappa shape index (κ1) is 21.8. The van der Waals surface area contributed by atoms with Gasteiger partial charge in [0.25, 0.3) is 11.6 Å². The molecule has 2 unspecified atom stereocenters. The quantitative estimate of drug-likeness (QED) is 0.418. The monoisotopic (exact) mass is 483 g/mol. The van der Waals surface area contributed by atoms with Crippen molar-refractivity contribution in [3.05, 3.63) is 99.6 Å². The van der Waals surface area contributed by atoms with E-state index in [9.17, 15) is 32.7 Å². The van der Waals surface area contributed by atoms with Crippen molar-refractivity contribution < 1.29 is 27.5 Å². The topological polar surface area (TPSA) is 101 Å². The zero-order chi connectivity index (χ0) is 24.2. The molecule has 172 valence electrons. The Morgan fingerprint density at radius 2 is 1.71 bits per heavy atom. The number of amides is 2. The summed E-state index contributed by atoms with van der Waals surface area (Å²) in [4.78, 5) is 37.7. The molecule has 2 amide bonds. The number of halogens is 2. The molecule has 1 fully saturated rings. The maximum atomic E-state index is 14.0. The van der Waals surface area contributed by atoms with Crippen LogP contribution in [0.15, 0.2) is 66.7 Å². The lowest BCUT2D eigenvalue weighted by Gasteiger charge is -2.32. The number of hydrogen-bond acceptors (Lipinski definition) is 5. The minimum Gasteiger partial charge on any atom is -0.304 e. The molecular weight excluding hydrogens is 468 g/mol. The summed E-state index contributed by atoms with van der Waals surface area (Å²) in [6.07, 6.45) is 0. The van der Waals surface area contributed by atoms with Crippen LogP contribution in [0.4, 0.5) is 25.8 Å². The van der Waals surface area contributed by atoms with E-state index in [0.29, 0.717) is 16.8 Å². The second kappa shape index (κ2) is 7.80. The van der Waals surface area contributed by atoms with E-state index < -0.39 is 49.8 Å². The number of hydrogen-bond donors (Lipinski definition) is 0. The third kappa shape index (κ3) is 3.04. The maximum absolute atomic E-state index is 14.0. The van der Waals surface area contributed by atoms with Gasteiger partial charge in [-0.1, -0.05) is 30.3 Å². The van der Waals surface area contributed by atoms with Crippen LogP contribution in [0.25, 0.3) is 0 Å². The molecule has 3 aromatic carbocycles. The summed E-state index contributed by atoms with van der Waals surface area (Å²) in [5.41, 5.74) is 1.08. The van der Waals surface area contributed by atoms with Crippen molar-refractivity contribution in [2.45, 2.75) is 11.4 Å². The van der Waals surface area contributed by atoms with Crippen molar-refractivity contribution in [1.29, 1.82) is 0 Å². The third-order valence-electron chi connectivity index (χ3n) is 5.89. The highest BCUT2D eigenvalue weighted by Crippen LogP contribution is 2.51. The Hall–Kier alpha value is -3.99. The van der Waals surface area contributed by atoms with E-state index in [1.807, 2.05) is 0 Å². The van der Waals surface area contributed by atoms with Gasteiger partial charge in [0.15, 0.2) is 11.6 Å². The summed E-state index contributed by atoms with van der Waals surface area (Å²) >= 11 is 0. The minimum absolute atomic E-state index is 0.00734. The normalized spacial score (nSPS) is 21.4. The lowest BCUT2D eigenvalue weighted by Crippen LogP contribution is -2.52. The van der Waals surface area contributed by atoms with E-state index in [0.717, 1.165) is 23.1 Å². The zero-order valence-corrected chi connectivity index (χ0v) is 18.1. The first-order chi connectivity index (χ1) is 16.2. The summed E-state index contributed by atoms with van der Waals surface area (Å²) in [5, 5.41) is 10.9. The van der Waals surface area contributed by atoms with Crippen LogP contribution in [0, 0.1) is 21.7 Å². The van der Waals surface area contributed by atoms with Crippen LogP contribution in [0.5, 0.6) is 0 Å². The number of carbonyl (C=O) groups excluding carboxylic acids is 2. The number of nitro groups is 1. The van der Waals surface area contributed by atoms with Gasteiger partial charge in [-0.15, -0.1) is 0 Å². The van der Waals surface area contributed by atoms with E-state index in [1.165, 1.54) is 29.2 Å². The van der Waals surface area contributed by atoms with Crippen LogP contribution < -0.4 is 9.80 Å². The summed E-state index contributed by atoms with van der Waals surface area (Å²) in [6.45, 7) is -0.00734. The van der Waals surface area contributed by atoms with Gasteiger partial charge in [-0.2, -0.15) is 0 Å². The van der Waals surface area contributed by atoms with Crippen LogP contribution in [0.1, 0.15) is 11.1 Å². The molecule has 0 saturated carbocycles. The van der Waals surface area contributed by atoms with Gasteiger partial charge in [-0.25, -0.2) is 8.78 Å². The number of anilines is 2. The lowest BCUT2D eigenvalue weighted by molar-refractivity contribution is -0.384. The summed E-state index contributed by atoms with van der Waals surface area (Å²) < 4.78 is 41.0. The Kier molecular flexibility index (Phi) is 5.01. The average Bonchev–Trinajstić information content (AvgIpc) is 3.22. The van der Waals surface area contributed by atoms with Crippen LogP contribution in [0.2, 0.25) is 0 Å². The summed E-state index contributed by atoms with van der Waals surface area (Å²) in [5.74, 6) is -4.13. The molecule has 0 radical (unpaired) electrons. The summed E-state index contributed by atoms with van der Waals surface area (Å²) in [6, 6.07) is 14.9. The Morgan fingerprint density at radius 1 is 1.00 bits per heavy atom. The molecule has 2 aliphatic heterocycles. The number of rotatable bonds is 4. The van der Waals surface area contributed by atoms with Crippen molar-refractivity contribution in [3.8, 4) is 0 Å². The van der Waals surface area contributed by atoms with Gasteiger partial charge in [0.1, 0.15) is 5.75 Å². The van der Waals surface area contributed by atoms with Crippen molar-refractivity contribution in [2.75, 3.05) is 15.6 Å². The fourth-order valence-corrected chi connectivity index (χ4v) is 6.11. The number of carbonyl (C=O) groups is 2. The van der Waals surface area contributed by atoms with Crippen LogP contribution >= 0.6 is 0 Å². The molecule has 2 aliphatic rings. The molecule has 5 rings (SSSR count). The van der Waals surface area contributed by atoms with Gasteiger partial charge >= 0.3 is 0 Å². The fourth-order valence-electron chi connectivity index (χ4n) is 4.41. The largest absolute Gasteiger partial charge is 0.304 e. The molecule has 0 aromatic heterocycles. The highest BCUT2D eigenvalue weighted by molar-refractivity contribution is 7.88. The molecule has 0 aliphatic carbocycles. The lowest BCUT2D eigenvalue weighted by atomic mass is 10.0. The molecule has 34 heavy (non-hydrogen) atoms. The highest BCUT2D eigenvalue weighted by atomic mass is 32.2. The smallest absolute Gasteiger partial charge is 0.271 e. The average molecular weight is 483 g/mol. The first-order valence-electron chi connectivity index (χ1n) is 10.1. The molecule has 1 spiro atoms. The highest BCUT2D eigenvalue weighted by Gasteiger charge is 2.65. The molecule has 0 N–H and O–H groups in total. The zero-order valence-electron chi connectivity index (χ0n) is 17.3. The maximum Gasteiger partial charge on any atom is 0.271 e. The van der Waals surface area contributed by atoms with Crippen LogP contribution in [-0.2, 0) is 31.8 Å². The van der Waals surface area contributed by atoms with Crippen LogP contribution in [-0.4, -0.2) is 26.7 Å². The number of non-ortho nitro benzene ring substituents is 1. The summed E-state index contributed by atoms with van der Waals surface area (Å²) in [7, 11) is -2.03. The predicted octanol–water partition coefficient (Wildman–Crippen LogP) is 3.37. The third-order valence-corrected chi connectivity index (χ3v) is 7.64. The molecule has 0 bridgehead atoms. The van der Waals surface area contributed by atoms with Crippen molar-refractivity contribution >= 4 is 39.7 Å². The molecule has 2 atom stereocenters. The first-order valence-corrected chi connectivity index (χ1v) is 11.4. The fraction of sp³-hybridized carbons (Fsp3) is 0.130. The van der Waals surface area contributed by atoms with Crippen LogP contribution in [0.3, 0.4) is 0 Å².